The van der Waals surface area contributed by atoms with Crippen molar-refractivity contribution in [1.82, 2.24) is 10.2 Å². The van der Waals surface area contributed by atoms with E-state index in [2.05, 4.69) is 69.1 Å². The molecule has 0 unspecified atom stereocenters. The van der Waals surface area contributed by atoms with Crippen molar-refractivity contribution >= 4 is 29.1 Å². The summed E-state index contributed by atoms with van der Waals surface area (Å²) in [5.74, 6) is 1.29. The smallest absolute Gasteiger partial charge is 0.251 e. The minimum absolute atomic E-state index is 0.0175. The molecule has 0 radical (unpaired) electrons. The molecule has 0 aliphatic carbocycles. The van der Waals surface area contributed by atoms with Crippen LogP contribution in [0.3, 0.4) is 0 Å². The molecule has 33 heavy (non-hydrogen) atoms. The first-order valence-electron chi connectivity index (χ1n) is 12.4. The van der Waals surface area contributed by atoms with E-state index in [-0.39, 0.29) is 5.91 Å². The van der Waals surface area contributed by atoms with Crippen molar-refractivity contribution in [1.29, 1.82) is 0 Å². The zero-order valence-corrected chi connectivity index (χ0v) is 21.7. The van der Waals surface area contributed by atoms with Gasteiger partial charge in [-0.1, -0.05) is 71.0 Å². The standard InChI is InChI=1S/C28H39N3OS/c1-6-10-24-23-11-7-8-12-26(23)33-27-14-13-22(17-25(27)30-24)28(32)29-15-9-16-31(18-20(2)3)19-21(4)5/h7-8,11-14,17,20-21H,6,9-10,15-16,18-19H2,1-5H3,(H,29,32). The number of hydrogen-bond donors (Lipinski definition) is 1. The minimum Gasteiger partial charge on any atom is -0.352 e. The summed E-state index contributed by atoms with van der Waals surface area (Å²) in [6, 6.07) is 14.4. The lowest BCUT2D eigenvalue weighted by atomic mass is 10.1. The summed E-state index contributed by atoms with van der Waals surface area (Å²) in [4.78, 5) is 22.7. The molecule has 2 aromatic carbocycles. The van der Waals surface area contributed by atoms with Gasteiger partial charge < -0.3 is 10.2 Å². The highest BCUT2D eigenvalue weighted by molar-refractivity contribution is 7.99. The van der Waals surface area contributed by atoms with E-state index in [0.717, 1.165) is 55.2 Å². The molecule has 0 saturated heterocycles. The van der Waals surface area contributed by atoms with Crippen LogP contribution in [0.1, 0.15) is 69.8 Å². The van der Waals surface area contributed by atoms with E-state index < -0.39 is 0 Å². The van der Waals surface area contributed by atoms with Crippen LogP contribution in [0.5, 0.6) is 0 Å². The fourth-order valence-electron chi connectivity index (χ4n) is 4.27. The Balaban J connectivity index is 1.65. The van der Waals surface area contributed by atoms with Gasteiger partial charge in [-0.3, -0.25) is 9.79 Å². The molecular formula is C28H39N3OS. The van der Waals surface area contributed by atoms with Gasteiger partial charge in [0, 0.05) is 46.3 Å². The van der Waals surface area contributed by atoms with E-state index in [9.17, 15) is 4.79 Å². The van der Waals surface area contributed by atoms with Gasteiger partial charge in [0.1, 0.15) is 0 Å². The fourth-order valence-corrected chi connectivity index (χ4v) is 5.30. The molecule has 0 bridgehead atoms. The average molecular weight is 466 g/mol. The molecule has 5 heteroatoms. The molecule has 3 rings (SSSR count). The number of nitrogens with one attached hydrogen (secondary N) is 1. The zero-order valence-electron chi connectivity index (χ0n) is 20.9. The van der Waals surface area contributed by atoms with Crippen molar-refractivity contribution in [3.8, 4) is 0 Å². The van der Waals surface area contributed by atoms with Crippen LogP contribution in [-0.2, 0) is 0 Å². The molecule has 1 aliphatic heterocycles. The largest absolute Gasteiger partial charge is 0.352 e. The highest BCUT2D eigenvalue weighted by Gasteiger charge is 2.18. The van der Waals surface area contributed by atoms with Gasteiger partial charge in [0.2, 0.25) is 0 Å². The summed E-state index contributed by atoms with van der Waals surface area (Å²) < 4.78 is 0. The van der Waals surface area contributed by atoms with Gasteiger partial charge in [0.05, 0.1) is 5.69 Å². The highest BCUT2D eigenvalue weighted by Crippen LogP contribution is 2.41. The summed E-state index contributed by atoms with van der Waals surface area (Å²) in [6.45, 7) is 15.1. The van der Waals surface area contributed by atoms with Gasteiger partial charge >= 0.3 is 0 Å². The predicted molar refractivity (Wildman–Crippen MR) is 141 cm³/mol. The van der Waals surface area contributed by atoms with E-state index in [4.69, 9.17) is 4.99 Å². The molecule has 0 fully saturated rings. The Labute approximate surface area is 204 Å². The molecule has 1 N–H and O–H groups in total. The quantitative estimate of drug-likeness (QED) is 0.371. The van der Waals surface area contributed by atoms with Crippen LogP contribution in [0, 0.1) is 11.8 Å². The van der Waals surface area contributed by atoms with Crippen molar-refractivity contribution in [3.05, 3.63) is 53.6 Å². The van der Waals surface area contributed by atoms with E-state index in [1.165, 1.54) is 10.5 Å². The third-order valence-corrected chi connectivity index (χ3v) is 6.71. The molecule has 0 spiro atoms. The summed E-state index contributed by atoms with van der Waals surface area (Å²) in [6.07, 6.45) is 2.93. The van der Waals surface area contributed by atoms with Gasteiger partial charge in [-0.15, -0.1) is 0 Å². The van der Waals surface area contributed by atoms with Crippen molar-refractivity contribution in [2.45, 2.75) is 63.7 Å². The Bertz CT molecular complexity index is 957. The monoisotopic (exact) mass is 465 g/mol. The van der Waals surface area contributed by atoms with Gasteiger partial charge in [0.25, 0.3) is 5.91 Å². The second-order valence-corrected chi connectivity index (χ2v) is 10.8. The maximum atomic E-state index is 12.9. The second kappa shape index (κ2) is 12.4. The normalized spacial score (nSPS) is 13.0. The molecule has 0 aromatic heterocycles. The van der Waals surface area contributed by atoms with Crippen LogP contribution in [-0.4, -0.2) is 42.7 Å². The molecule has 4 nitrogen and oxygen atoms in total. The number of aliphatic imine (C=N–C) groups is 1. The maximum absolute atomic E-state index is 12.9. The molecule has 0 saturated carbocycles. The van der Waals surface area contributed by atoms with Crippen LogP contribution in [0.2, 0.25) is 0 Å². The Kier molecular flexibility index (Phi) is 9.57. The summed E-state index contributed by atoms with van der Waals surface area (Å²) in [5.41, 5.74) is 3.89. The van der Waals surface area contributed by atoms with Crippen molar-refractivity contribution in [2.75, 3.05) is 26.2 Å². The Hall–Kier alpha value is -2.11. The van der Waals surface area contributed by atoms with Crippen LogP contribution in [0.25, 0.3) is 0 Å². The Morgan fingerprint density at radius 1 is 1.03 bits per heavy atom. The molecule has 1 amide bonds. The van der Waals surface area contributed by atoms with Gasteiger partial charge in [-0.2, -0.15) is 0 Å². The van der Waals surface area contributed by atoms with Gasteiger partial charge in [-0.25, -0.2) is 0 Å². The van der Waals surface area contributed by atoms with Crippen molar-refractivity contribution < 1.29 is 4.79 Å². The lowest BCUT2D eigenvalue weighted by molar-refractivity contribution is 0.0950. The third-order valence-electron chi connectivity index (χ3n) is 5.56. The number of nitrogens with zero attached hydrogens (tertiary/aromatic N) is 2. The number of benzene rings is 2. The van der Waals surface area contributed by atoms with E-state index in [0.29, 0.717) is 23.9 Å². The van der Waals surface area contributed by atoms with Crippen LogP contribution < -0.4 is 5.32 Å². The minimum atomic E-state index is -0.0175. The summed E-state index contributed by atoms with van der Waals surface area (Å²) in [7, 11) is 0. The van der Waals surface area contributed by atoms with E-state index in [1.54, 1.807) is 11.8 Å². The van der Waals surface area contributed by atoms with Crippen LogP contribution >= 0.6 is 11.8 Å². The zero-order chi connectivity index (χ0) is 23.8. The lowest BCUT2D eigenvalue weighted by Gasteiger charge is -2.26. The first-order valence-corrected chi connectivity index (χ1v) is 13.2. The molecule has 1 aliphatic rings. The predicted octanol–water partition coefficient (Wildman–Crippen LogP) is 6.81. The average Bonchev–Trinajstić information content (AvgIpc) is 2.92. The topological polar surface area (TPSA) is 44.7 Å². The first kappa shape index (κ1) is 25.5. The number of carbonyl (C=O) groups is 1. The number of fused-ring (bicyclic) bond motifs is 2. The van der Waals surface area contributed by atoms with E-state index >= 15 is 0 Å². The molecule has 1 heterocycles. The Morgan fingerprint density at radius 2 is 1.76 bits per heavy atom. The van der Waals surface area contributed by atoms with Gasteiger partial charge in [0.15, 0.2) is 0 Å². The summed E-state index contributed by atoms with van der Waals surface area (Å²) in [5, 5.41) is 3.12. The molecule has 178 valence electrons. The number of rotatable bonds is 11. The SMILES string of the molecule is CCCC1=Nc2cc(C(=O)NCCCN(CC(C)C)CC(C)C)ccc2Sc2ccccc21. The fraction of sp³-hybridized carbons (Fsp3) is 0.500. The molecular weight excluding hydrogens is 426 g/mol. The van der Waals surface area contributed by atoms with Crippen LogP contribution in [0.4, 0.5) is 5.69 Å². The highest BCUT2D eigenvalue weighted by atomic mass is 32.2. The number of amides is 1. The number of carbonyl (C=O) groups excluding carboxylic acids is 1. The molecule has 0 atom stereocenters. The Morgan fingerprint density at radius 3 is 2.45 bits per heavy atom. The summed E-state index contributed by atoms with van der Waals surface area (Å²) >= 11 is 1.74. The van der Waals surface area contributed by atoms with Gasteiger partial charge in [-0.05, 0) is 55.5 Å². The van der Waals surface area contributed by atoms with Crippen molar-refractivity contribution in [3.63, 3.8) is 0 Å². The second-order valence-electron chi connectivity index (χ2n) is 9.75. The number of hydrogen-bond acceptors (Lipinski definition) is 4. The van der Waals surface area contributed by atoms with Crippen LogP contribution in [0.15, 0.2) is 57.2 Å². The molecule has 2 aromatic rings. The lowest BCUT2D eigenvalue weighted by Crippen LogP contribution is -2.34. The maximum Gasteiger partial charge on any atom is 0.251 e. The first-order chi connectivity index (χ1) is 15.9. The third kappa shape index (κ3) is 7.44. The van der Waals surface area contributed by atoms with Crippen molar-refractivity contribution in [2.24, 2.45) is 16.8 Å². The van der Waals surface area contributed by atoms with E-state index in [1.807, 2.05) is 18.2 Å².